The van der Waals surface area contributed by atoms with Crippen molar-refractivity contribution >= 4 is 10.8 Å². The van der Waals surface area contributed by atoms with Crippen LogP contribution in [0.5, 0.6) is 11.5 Å². The Morgan fingerprint density at radius 3 is 1.82 bits per heavy atom. The number of halogens is 5. The summed E-state index contributed by atoms with van der Waals surface area (Å²) in [5, 5.41) is 15.7. The van der Waals surface area contributed by atoms with Gasteiger partial charge in [-0.25, -0.2) is 22.0 Å². The molecule has 0 amide bonds. The van der Waals surface area contributed by atoms with Gasteiger partial charge in [0.2, 0.25) is 0 Å². The third-order valence-electron chi connectivity index (χ3n) is 2.25. The van der Waals surface area contributed by atoms with Gasteiger partial charge in [-0.3, -0.25) is 0 Å². The van der Waals surface area contributed by atoms with E-state index < -0.39 is 51.4 Å². The fraction of sp³-hybridized carbons (Fsp3) is 0. The van der Waals surface area contributed by atoms with Gasteiger partial charge in [0.1, 0.15) is 0 Å². The van der Waals surface area contributed by atoms with Crippen LogP contribution in [0.2, 0.25) is 0 Å². The lowest BCUT2D eigenvalue weighted by Gasteiger charge is -2.08. The van der Waals surface area contributed by atoms with E-state index in [2.05, 4.69) is 0 Å². The molecular weight excluding hydrogens is 247 g/mol. The number of aromatic hydroxyl groups is 2. The van der Waals surface area contributed by atoms with Crippen molar-refractivity contribution in [2.75, 3.05) is 0 Å². The molecule has 7 heteroatoms. The Bertz CT molecular complexity index is 631. The van der Waals surface area contributed by atoms with E-state index in [9.17, 15) is 22.0 Å². The molecule has 2 nitrogen and oxygen atoms in total. The highest BCUT2D eigenvalue weighted by molar-refractivity contribution is 5.88. The molecule has 0 heterocycles. The van der Waals surface area contributed by atoms with Crippen molar-refractivity contribution in [2.24, 2.45) is 0 Å². The second kappa shape index (κ2) is 3.47. The summed E-state index contributed by atoms with van der Waals surface area (Å²) in [6, 6.07) is 0.397. The van der Waals surface area contributed by atoms with Gasteiger partial charge in [-0.1, -0.05) is 0 Å². The fourth-order valence-corrected chi connectivity index (χ4v) is 1.43. The molecule has 17 heavy (non-hydrogen) atoms. The van der Waals surface area contributed by atoms with E-state index in [1.807, 2.05) is 0 Å². The molecule has 2 aromatic rings. The Balaban J connectivity index is 3.12. The largest absolute Gasteiger partial charge is 0.504 e. The van der Waals surface area contributed by atoms with Crippen LogP contribution in [0.1, 0.15) is 0 Å². The Labute approximate surface area is 90.5 Å². The number of phenols is 2. The van der Waals surface area contributed by atoms with Gasteiger partial charge in [0, 0.05) is 5.39 Å². The van der Waals surface area contributed by atoms with Crippen molar-refractivity contribution in [3.63, 3.8) is 0 Å². The summed E-state index contributed by atoms with van der Waals surface area (Å²) in [6.45, 7) is 0. The van der Waals surface area contributed by atoms with E-state index >= 15 is 0 Å². The maximum absolute atomic E-state index is 13.3. The van der Waals surface area contributed by atoms with Crippen LogP contribution in [0.3, 0.4) is 0 Å². The van der Waals surface area contributed by atoms with E-state index in [-0.39, 0.29) is 0 Å². The van der Waals surface area contributed by atoms with E-state index in [0.29, 0.717) is 6.07 Å². The highest BCUT2D eigenvalue weighted by Crippen LogP contribution is 2.38. The third-order valence-corrected chi connectivity index (χ3v) is 2.25. The first-order valence-corrected chi connectivity index (χ1v) is 4.22. The summed E-state index contributed by atoms with van der Waals surface area (Å²) in [4.78, 5) is 0. The lowest BCUT2D eigenvalue weighted by atomic mass is 10.1. The molecule has 2 N–H and O–H groups in total. The van der Waals surface area contributed by atoms with Gasteiger partial charge in [-0.15, -0.1) is 0 Å². The molecule has 0 saturated carbocycles. The molecular formula is C10H3F5O2. The van der Waals surface area contributed by atoms with Crippen LogP contribution in [0.15, 0.2) is 6.07 Å². The van der Waals surface area contributed by atoms with Gasteiger partial charge in [-0.2, -0.15) is 0 Å². The van der Waals surface area contributed by atoms with Gasteiger partial charge >= 0.3 is 0 Å². The average Bonchev–Trinajstić information content (AvgIpc) is 2.30. The fourth-order valence-electron chi connectivity index (χ4n) is 1.43. The lowest BCUT2D eigenvalue weighted by Crippen LogP contribution is -2.00. The second-order valence-electron chi connectivity index (χ2n) is 3.24. The van der Waals surface area contributed by atoms with Crippen molar-refractivity contribution in [2.45, 2.75) is 0 Å². The third kappa shape index (κ3) is 1.38. The van der Waals surface area contributed by atoms with Crippen molar-refractivity contribution in [1.29, 1.82) is 0 Å². The normalized spacial score (nSPS) is 11.1. The van der Waals surface area contributed by atoms with E-state index in [1.54, 1.807) is 0 Å². The quantitative estimate of drug-likeness (QED) is 0.326. The molecule has 0 spiro atoms. The minimum absolute atomic E-state index is 0.397. The minimum Gasteiger partial charge on any atom is -0.504 e. The Kier molecular flexibility index (Phi) is 2.34. The summed E-state index contributed by atoms with van der Waals surface area (Å²) in [6.07, 6.45) is 0. The molecule has 0 aliphatic rings. The summed E-state index contributed by atoms with van der Waals surface area (Å²) < 4.78 is 65.4. The van der Waals surface area contributed by atoms with E-state index in [0.717, 1.165) is 0 Å². The highest BCUT2D eigenvalue weighted by Gasteiger charge is 2.25. The standard InChI is InChI=1S/C10H3F5O2/c11-5-2-1-3(16)10(17)7(13)4(2)6(12)9(15)8(5)14/h1,16-17H. The first kappa shape index (κ1) is 11.4. The molecule has 0 unspecified atom stereocenters. The summed E-state index contributed by atoms with van der Waals surface area (Å²) in [5.74, 6) is -12.4. The topological polar surface area (TPSA) is 40.5 Å². The van der Waals surface area contributed by atoms with Crippen LogP contribution in [-0.2, 0) is 0 Å². The van der Waals surface area contributed by atoms with E-state index in [1.165, 1.54) is 0 Å². The zero-order chi connectivity index (χ0) is 12.9. The number of rotatable bonds is 0. The van der Waals surface area contributed by atoms with Crippen LogP contribution in [0.4, 0.5) is 22.0 Å². The molecule has 2 rings (SSSR count). The van der Waals surface area contributed by atoms with E-state index in [4.69, 9.17) is 10.2 Å². The maximum atomic E-state index is 13.3. The highest BCUT2D eigenvalue weighted by atomic mass is 19.2. The van der Waals surface area contributed by atoms with Crippen LogP contribution >= 0.6 is 0 Å². The van der Waals surface area contributed by atoms with Gasteiger partial charge in [0.05, 0.1) is 5.39 Å². The smallest absolute Gasteiger partial charge is 0.198 e. The van der Waals surface area contributed by atoms with Crippen molar-refractivity contribution in [3.8, 4) is 11.5 Å². The number of phenolic OH excluding ortho intramolecular Hbond substituents is 2. The zero-order valence-electron chi connectivity index (χ0n) is 7.86. The van der Waals surface area contributed by atoms with Crippen LogP contribution in [0.25, 0.3) is 10.8 Å². The molecule has 2 aromatic carbocycles. The van der Waals surface area contributed by atoms with Gasteiger partial charge in [0.15, 0.2) is 40.6 Å². The van der Waals surface area contributed by atoms with Crippen molar-refractivity contribution in [3.05, 3.63) is 35.2 Å². The summed E-state index contributed by atoms with van der Waals surface area (Å²) >= 11 is 0. The Morgan fingerprint density at radius 2 is 1.24 bits per heavy atom. The molecule has 0 saturated heterocycles. The molecule has 0 aromatic heterocycles. The van der Waals surface area contributed by atoms with Gasteiger partial charge < -0.3 is 10.2 Å². The number of fused-ring (bicyclic) bond motifs is 1. The molecule has 0 bridgehead atoms. The first-order valence-electron chi connectivity index (χ1n) is 4.22. The number of hydrogen-bond acceptors (Lipinski definition) is 2. The number of hydrogen-bond donors (Lipinski definition) is 2. The summed E-state index contributed by atoms with van der Waals surface area (Å²) in [7, 11) is 0. The lowest BCUT2D eigenvalue weighted by molar-refractivity contribution is 0.378. The van der Waals surface area contributed by atoms with Crippen LogP contribution < -0.4 is 0 Å². The molecule has 0 aliphatic carbocycles. The van der Waals surface area contributed by atoms with Crippen LogP contribution in [-0.4, -0.2) is 10.2 Å². The first-order chi connectivity index (χ1) is 7.86. The Morgan fingerprint density at radius 1 is 0.706 bits per heavy atom. The summed E-state index contributed by atoms with van der Waals surface area (Å²) in [5.41, 5.74) is 0. The predicted molar refractivity (Wildman–Crippen MR) is 47.1 cm³/mol. The molecule has 0 aliphatic heterocycles. The van der Waals surface area contributed by atoms with Gasteiger partial charge in [-0.05, 0) is 6.07 Å². The Hall–Kier alpha value is -2.05. The monoisotopic (exact) mass is 250 g/mol. The average molecular weight is 250 g/mol. The number of benzene rings is 2. The molecule has 0 atom stereocenters. The molecule has 0 fully saturated rings. The van der Waals surface area contributed by atoms with Crippen LogP contribution in [0, 0.1) is 29.1 Å². The maximum Gasteiger partial charge on any atom is 0.198 e. The van der Waals surface area contributed by atoms with Crippen molar-refractivity contribution in [1.82, 2.24) is 0 Å². The SMILES string of the molecule is Oc1cc2c(F)c(F)c(F)c(F)c2c(F)c1O. The predicted octanol–water partition coefficient (Wildman–Crippen LogP) is 2.95. The van der Waals surface area contributed by atoms with Gasteiger partial charge in [0.25, 0.3) is 0 Å². The minimum atomic E-state index is -2.20. The molecule has 0 radical (unpaired) electrons. The second-order valence-corrected chi connectivity index (χ2v) is 3.24. The zero-order valence-corrected chi connectivity index (χ0v) is 7.86. The van der Waals surface area contributed by atoms with Crippen molar-refractivity contribution < 1.29 is 32.2 Å². The molecule has 90 valence electrons.